The van der Waals surface area contributed by atoms with Crippen LogP contribution in [-0.4, -0.2) is 43.6 Å². The van der Waals surface area contributed by atoms with E-state index in [9.17, 15) is 8.42 Å². The predicted octanol–water partition coefficient (Wildman–Crippen LogP) is 5.46. The number of thiazole rings is 1. The van der Waals surface area contributed by atoms with Crippen LogP contribution in [-0.2, 0) is 21.2 Å². The van der Waals surface area contributed by atoms with Crippen LogP contribution < -0.4 is 4.80 Å². The van der Waals surface area contributed by atoms with Crippen molar-refractivity contribution in [1.29, 1.82) is 0 Å². The molecule has 1 aliphatic heterocycles. The average molecular weight is 538 g/mol. The molecule has 0 spiro atoms. The number of rotatable bonds is 5. The Morgan fingerprint density at radius 2 is 1.75 bits per heavy atom. The maximum atomic E-state index is 13.0. The standard InChI is InChI=1S/C27H27N3O3S3/c31-36(32,29-14-16-33-17-15-29)22-12-10-21(11-13-22)28-27-30(25(19-35-27)26-9-4-18-34-26)24-8-3-6-20-5-1-2-7-23(20)24/h1-2,4-5,7,9-13,18-19,24H,3,6,8,14-17H2. The molecule has 0 amide bonds. The largest absolute Gasteiger partial charge is 0.379 e. The first-order valence-corrected chi connectivity index (χ1v) is 15.4. The second-order valence-corrected chi connectivity index (χ2v) is 12.7. The van der Waals surface area contributed by atoms with Crippen molar-refractivity contribution in [3.8, 4) is 10.6 Å². The molecule has 2 aliphatic rings. The highest BCUT2D eigenvalue weighted by molar-refractivity contribution is 7.89. The summed E-state index contributed by atoms with van der Waals surface area (Å²) in [7, 11) is -3.53. The number of morpholine rings is 1. The first-order chi connectivity index (χ1) is 17.6. The normalized spacial score (nSPS) is 19.3. The van der Waals surface area contributed by atoms with Gasteiger partial charge >= 0.3 is 0 Å². The fourth-order valence-corrected chi connectivity index (χ4v) is 8.22. The van der Waals surface area contributed by atoms with Crippen molar-refractivity contribution < 1.29 is 13.2 Å². The fourth-order valence-electron chi connectivity index (χ4n) is 5.04. The Bertz CT molecular complexity index is 1510. The van der Waals surface area contributed by atoms with Crippen LogP contribution in [0.5, 0.6) is 0 Å². The second-order valence-electron chi connectivity index (χ2n) is 8.98. The summed E-state index contributed by atoms with van der Waals surface area (Å²) in [4.78, 5) is 7.45. The van der Waals surface area contributed by atoms with Gasteiger partial charge in [-0.05, 0) is 66.1 Å². The van der Waals surface area contributed by atoms with Crippen LogP contribution in [0.1, 0.15) is 30.0 Å². The van der Waals surface area contributed by atoms with E-state index in [1.165, 1.54) is 26.0 Å². The molecule has 1 saturated heterocycles. The molecule has 186 valence electrons. The van der Waals surface area contributed by atoms with Crippen LogP contribution in [0.15, 0.2) is 81.3 Å². The third kappa shape index (κ3) is 4.50. The lowest BCUT2D eigenvalue weighted by Crippen LogP contribution is -2.40. The predicted molar refractivity (Wildman–Crippen MR) is 144 cm³/mol. The van der Waals surface area contributed by atoms with Gasteiger partial charge in [-0.1, -0.05) is 30.3 Å². The van der Waals surface area contributed by atoms with Gasteiger partial charge in [0.2, 0.25) is 10.0 Å². The Morgan fingerprint density at radius 1 is 0.944 bits per heavy atom. The van der Waals surface area contributed by atoms with Crippen molar-refractivity contribution in [3.63, 3.8) is 0 Å². The number of thiophene rings is 1. The van der Waals surface area contributed by atoms with E-state index in [0.29, 0.717) is 31.2 Å². The zero-order valence-corrected chi connectivity index (χ0v) is 22.2. The molecule has 3 heterocycles. The number of sulfonamides is 1. The number of hydrogen-bond acceptors (Lipinski definition) is 6. The van der Waals surface area contributed by atoms with Crippen molar-refractivity contribution in [2.45, 2.75) is 30.2 Å². The molecule has 6 rings (SSSR count). The molecular weight excluding hydrogens is 511 g/mol. The van der Waals surface area contributed by atoms with Gasteiger partial charge < -0.3 is 9.30 Å². The Labute approximate surface area is 219 Å². The summed E-state index contributed by atoms with van der Waals surface area (Å²) in [6, 6.07) is 20.1. The molecule has 36 heavy (non-hydrogen) atoms. The number of ether oxygens (including phenoxy) is 1. The van der Waals surface area contributed by atoms with E-state index in [-0.39, 0.29) is 6.04 Å². The van der Waals surface area contributed by atoms with E-state index < -0.39 is 10.0 Å². The molecular formula is C27H27N3O3S3. The smallest absolute Gasteiger partial charge is 0.243 e. The maximum absolute atomic E-state index is 13.0. The Hall–Kier alpha value is -2.56. The van der Waals surface area contributed by atoms with Crippen LogP contribution in [0.2, 0.25) is 0 Å². The van der Waals surface area contributed by atoms with Gasteiger partial charge in [0.1, 0.15) is 0 Å². The van der Waals surface area contributed by atoms with E-state index in [0.717, 1.165) is 29.8 Å². The van der Waals surface area contributed by atoms with Crippen LogP contribution in [0.25, 0.3) is 10.6 Å². The molecule has 0 bridgehead atoms. The molecule has 1 unspecified atom stereocenters. The minimum atomic E-state index is -3.53. The molecule has 6 nitrogen and oxygen atoms in total. The third-order valence-electron chi connectivity index (χ3n) is 6.83. The Kier molecular flexibility index (Phi) is 6.66. The topological polar surface area (TPSA) is 63.9 Å². The summed E-state index contributed by atoms with van der Waals surface area (Å²) in [6.07, 6.45) is 3.31. The first kappa shape index (κ1) is 23.8. The molecule has 0 saturated carbocycles. The molecule has 9 heteroatoms. The van der Waals surface area contributed by atoms with Gasteiger partial charge in [0.15, 0.2) is 4.80 Å². The molecule has 1 aliphatic carbocycles. The first-order valence-electron chi connectivity index (χ1n) is 12.2. The highest BCUT2D eigenvalue weighted by atomic mass is 32.2. The summed E-state index contributed by atoms with van der Waals surface area (Å²) >= 11 is 3.37. The summed E-state index contributed by atoms with van der Waals surface area (Å²) in [5, 5.41) is 4.30. The monoisotopic (exact) mass is 537 g/mol. The van der Waals surface area contributed by atoms with E-state index in [1.807, 2.05) is 0 Å². The van der Waals surface area contributed by atoms with Crippen molar-refractivity contribution in [2.24, 2.45) is 4.99 Å². The van der Waals surface area contributed by atoms with E-state index >= 15 is 0 Å². The number of aryl methyl sites for hydroxylation is 1. The minimum Gasteiger partial charge on any atom is -0.379 e. The van der Waals surface area contributed by atoms with Crippen LogP contribution in [0.4, 0.5) is 5.69 Å². The molecule has 1 fully saturated rings. The van der Waals surface area contributed by atoms with E-state index in [4.69, 9.17) is 9.73 Å². The minimum absolute atomic E-state index is 0.220. The highest BCUT2D eigenvalue weighted by Crippen LogP contribution is 2.37. The van der Waals surface area contributed by atoms with Crippen molar-refractivity contribution in [2.75, 3.05) is 26.3 Å². The third-order valence-corrected chi connectivity index (χ3v) is 10.5. The molecule has 1 atom stereocenters. The SMILES string of the molecule is O=S(=O)(c1ccc(N=c2scc(-c3cccs3)n2C2CCCc3ccccc32)cc1)N1CCOCC1. The number of aromatic nitrogens is 1. The number of fused-ring (bicyclic) bond motifs is 1. The lowest BCUT2D eigenvalue weighted by molar-refractivity contribution is 0.0730. The van der Waals surface area contributed by atoms with E-state index in [1.54, 1.807) is 46.9 Å². The number of benzene rings is 2. The van der Waals surface area contributed by atoms with Crippen molar-refractivity contribution in [3.05, 3.63) is 87.4 Å². The molecule has 2 aromatic carbocycles. The van der Waals surface area contributed by atoms with Gasteiger partial charge in [0.05, 0.1) is 40.4 Å². The molecule has 0 N–H and O–H groups in total. The Morgan fingerprint density at radius 3 is 2.53 bits per heavy atom. The lowest BCUT2D eigenvalue weighted by atomic mass is 9.87. The van der Waals surface area contributed by atoms with Crippen molar-refractivity contribution in [1.82, 2.24) is 8.87 Å². The summed E-state index contributed by atoms with van der Waals surface area (Å²) < 4.78 is 35.2. The quantitative estimate of drug-likeness (QED) is 0.340. The molecule has 0 radical (unpaired) electrons. The van der Waals surface area contributed by atoms with Gasteiger partial charge in [-0.2, -0.15) is 4.31 Å². The summed E-state index contributed by atoms with van der Waals surface area (Å²) in [5.74, 6) is 0. The lowest BCUT2D eigenvalue weighted by Gasteiger charge is -2.28. The summed E-state index contributed by atoms with van der Waals surface area (Å²) in [5.41, 5.74) is 4.71. The number of nitrogens with zero attached hydrogens (tertiary/aromatic N) is 3. The van der Waals surface area contributed by atoms with Crippen LogP contribution in [0.3, 0.4) is 0 Å². The van der Waals surface area contributed by atoms with Crippen LogP contribution >= 0.6 is 22.7 Å². The van der Waals surface area contributed by atoms with Gasteiger partial charge in [0, 0.05) is 18.5 Å². The van der Waals surface area contributed by atoms with Gasteiger partial charge in [-0.25, -0.2) is 13.4 Å². The zero-order chi connectivity index (χ0) is 24.5. The molecule has 4 aromatic rings. The van der Waals surface area contributed by atoms with Crippen LogP contribution in [0, 0.1) is 0 Å². The number of hydrogen-bond donors (Lipinski definition) is 0. The average Bonchev–Trinajstić information content (AvgIpc) is 3.59. The molecule has 2 aromatic heterocycles. The second kappa shape index (κ2) is 10.1. The summed E-state index contributed by atoms with van der Waals surface area (Å²) in [6.45, 7) is 1.64. The van der Waals surface area contributed by atoms with Gasteiger partial charge in [-0.15, -0.1) is 22.7 Å². The van der Waals surface area contributed by atoms with Crippen molar-refractivity contribution >= 4 is 38.4 Å². The van der Waals surface area contributed by atoms with Gasteiger partial charge in [-0.3, -0.25) is 0 Å². The van der Waals surface area contributed by atoms with E-state index in [2.05, 4.69) is 51.7 Å². The van der Waals surface area contributed by atoms with Gasteiger partial charge in [0.25, 0.3) is 0 Å². The zero-order valence-electron chi connectivity index (χ0n) is 19.7. The maximum Gasteiger partial charge on any atom is 0.243 e. The Balaban J connectivity index is 1.41. The highest BCUT2D eigenvalue weighted by Gasteiger charge is 2.27. The fraction of sp³-hybridized carbons (Fsp3) is 0.296.